The number of hydrogen-bond acceptors (Lipinski definition) is 3. The highest BCUT2D eigenvalue weighted by Gasteiger charge is 2.35. The summed E-state index contributed by atoms with van der Waals surface area (Å²) in [6.45, 7) is 6.93. The van der Waals surface area contributed by atoms with Crippen molar-refractivity contribution in [2.24, 2.45) is 5.41 Å². The van der Waals surface area contributed by atoms with Crippen LogP contribution in [0, 0.1) is 5.41 Å². The molecular formula is C15H20O3. The molecule has 3 nitrogen and oxygen atoms in total. The minimum atomic E-state index is -0.759. The lowest BCUT2D eigenvalue weighted by Crippen LogP contribution is -2.43. The molecule has 18 heavy (non-hydrogen) atoms. The van der Waals surface area contributed by atoms with Crippen LogP contribution in [0.4, 0.5) is 0 Å². The standard InChI is InChI=1S/C15H20O3/c1-15(2,3)12-9-10-17-14(18-12)13(16)11-7-5-4-6-8-11/h4-8,12,14H,9-10H2,1-3H3/t12-,14-/m0/s1. The van der Waals surface area contributed by atoms with E-state index in [1.807, 2.05) is 18.2 Å². The molecule has 1 aliphatic rings. The minimum Gasteiger partial charge on any atom is -0.346 e. The van der Waals surface area contributed by atoms with Crippen LogP contribution in [-0.4, -0.2) is 24.8 Å². The largest absolute Gasteiger partial charge is 0.346 e. The molecule has 0 radical (unpaired) electrons. The van der Waals surface area contributed by atoms with Gasteiger partial charge in [0, 0.05) is 5.56 Å². The molecule has 1 aromatic carbocycles. The van der Waals surface area contributed by atoms with E-state index in [1.165, 1.54) is 0 Å². The molecule has 1 heterocycles. The third-order valence-corrected chi connectivity index (χ3v) is 3.18. The van der Waals surface area contributed by atoms with Crippen LogP contribution in [0.1, 0.15) is 37.6 Å². The van der Waals surface area contributed by atoms with Crippen LogP contribution in [0.2, 0.25) is 0 Å². The maximum atomic E-state index is 12.2. The van der Waals surface area contributed by atoms with Crippen molar-refractivity contribution in [3.05, 3.63) is 35.9 Å². The van der Waals surface area contributed by atoms with E-state index in [1.54, 1.807) is 12.1 Å². The molecule has 0 unspecified atom stereocenters. The molecule has 0 amide bonds. The predicted octanol–water partition coefficient (Wildman–Crippen LogP) is 3.05. The van der Waals surface area contributed by atoms with E-state index in [0.717, 1.165) is 6.42 Å². The second kappa shape index (κ2) is 5.21. The van der Waals surface area contributed by atoms with Gasteiger partial charge >= 0.3 is 0 Å². The smallest absolute Gasteiger partial charge is 0.222 e. The Kier molecular flexibility index (Phi) is 3.83. The lowest BCUT2D eigenvalue weighted by Gasteiger charge is -2.37. The van der Waals surface area contributed by atoms with E-state index in [2.05, 4.69) is 20.8 Å². The Morgan fingerprint density at radius 1 is 1.22 bits per heavy atom. The van der Waals surface area contributed by atoms with Crippen molar-refractivity contribution in [3.8, 4) is 0 Å². The van der Waals surface area contributed by atoms with Crippen LogP contribution < -0.4 is 0 Å². The summed E-state index contributed by atoms with van der Waals surface area (Å²) in [4.78, 5) is 12.2. The monoisotopic (exact) mass is 248 g/mol. The molecule has 0 spiro atoms. The Bertz CT molecular complexity index is 405. The third-order valence-electron chi connectivity index (χ3n) is 3.18. The zero-order chi connectivity index (χ0) is 13.2. The molecule has 1 saturated heterocycles. The summed E-state index contributed by atoms with van der Waals surface area (Å²) >= 11 is 0. The number of carbonyl (C=O) groups is 1. The number of rotatable bonds is 2. The van der Waals surface area contributed by atoms with Gasteiger partial charge in [0.2, 0.25) is 12.1 Å². The van der Waals surface area contributed by atoms with Gasteiger partial charge < -0.3 is 9.47 Å². The summed E-state index contributed by atoms with van der Waals surface area (Å²) in [7, 11) is 0. The molecule has 1 aromatic rings. The van der Waals surface area contributed by atoms with E-state index in [0.29, 0.717) is 12.2 Å². The van der Waals surface area contributed by atoms with Crippen LogP contribution in [0.5, 0.6) is 0 Å². The summed E-state index contributed by atoms with van der Waals surface area (Å²) < 4.78 is 11.2. The molecule has 98 valence electrons. The maximum absolute atomic E-state index is 12.2. The Balaban J connectivity index is 2.08. The number of Topliss-reactive ketones (excluding diaryl/α,β-unsaturated/α-hetero) is 1. The number of ketones is 1. The van der Waals surface area contributed by atoms with Gasteiger partial charge in [0.25, 0.3) is 0 Å². The summed E-state index contributed by atoms with van der Waals surface area (Å²) in [5, 5.41) is 0. The SMILES string of the molecule is CC(C)(C)[C@@H]1CCO[C@H](C(=O)c2ccccc2)O1. The molecular weight excluding hydrogens is 228 g/mol. The molecule has 1 aliphatic heterocycles. The molecule has 2 rings (SSSR count). The normalized spacial score (nSPS) is 24.8. The Labute approximate surface area is 108 Å². The quantitative estimate of drug-likeness (QED) is 0.755. The van der Waals surface area contributed by atoms with Crippen LogP contribution in [-0.2, 0) is 9.47 Å². The van der Waals surface area contributed by atoms with Gasteiger partial charge in [0.1, 0.15) is 0 Å². The molecule has 0 aliphatic carbocycles. The van der Waals surface area contributed by atoms with Gasteiger partial charge in [-0.1, -0.05) is 51.1 Å². The first kappa shape index (κ1) is 13.2. The number of carbonyl (C=O) groups excluding carboxylic acids is 1. The third kappa shape index (κ3) is 2.98. The molecule has 1 fully saturated rings. The van der Waals surface area contributed by atoms with E-state index in [-0.39, 0.29) is 17.3 Å². The van der Waals surface area contributed by atoms with Gasteiger partial charge in [-0.3, -0.25) is 4.79 Å². The van der Waals surface area contributed by atoms with Crippen molar-refractivity contribution in [2.75, 3.05) is 6.61 Å². The first-order chi connectivity index (χ1) is 8.48. The van der Waals surface area contributed by atoms with E-state index in [4.69, 9.17) is 9.47 Å². The Hall–Kier alpha value is -1.19. The average Bonchev–Trinajstić information content (AvgIpc) is 2.38. The fraction of sp³-hybridized carbons (Fsp3) is 0.533. The van der Waals surface area contributed by atoms with Crippen LogP contribution >= 0.6 is 0 Å². The topological polar surface area (TPSA) is 35.5 Å². The first-order valence-electron chi connectivity index (χ1n) is 6.35. The zero-order valence-corrected chi connectivity index (χ0v) is 11.2. The van der Waals surface area contributed by atoms with Crippen molar-refractivity contribution in [3.63, 3.8) is 0 Å². The Morgan fingerprint density at radius 2 is 1.89 bits per heavy atom. The van der Waals surface area contributed by atoms with E-state index < -0.39 is 6.29 Å². The highest BCUT2D eigenvalue weighted by atomic mass is 16.7. The Morgan fingerprint density at radius 3 is 2.50 bits per heavy atom. The molecule has 3 heteroatoms. The highest BCUT2D eigenvalue weighted by Crippen LogP contribution is 2.29. The lowest BCUT2D eigenvalue weighted by atomic mass is 9.87. The maximum Gasteiger partial charge on any atom is 0.222 e. The highest BCUT2D eigenvalue weighted by molar-refractivity contribution is 5.98. The fourth-order valence-electron chi connectivity index (χ4n) is 2.05. The zero-order valence-electron chi connectivity index (χ0n) is 11.2. The second-order valence-electron chi connectivity index (χ2n) is 5.71. The number of hydrogen-bond donors (Lipinski definition) is 0. The van der Waals surface area contributed by atoms with E-state index >= 15 is 0 Å². The van der Waals surface area contributed by atoms with Crippen molar-refractivity contribution in [2.45, 2.75) is 39.6 Å². The van der Waals surface area contributed by atoms with Crippen molar-refractivity contribution >= 4 is 5.78 Å². The fourth-order valence-corrected chi connectivity index (χ4v) is 2.05. The summed E-state index contributed by atoms with van der Waals surface area (Å²) in [5.41, 5.74) is 0.663. The molecule has 0 bridgehead atoms. The summed E-state index contributed by atoms with van der Waals surface area (Å²) in [6, 6.07) is 9.15. The summed E-state index contributed by atoms with van der Waals surface area (Å²) in [6.07, 6.45) is 0.136. The predicted molar refractivity (Wildman–Crippen MR) is 69.5 cm³/mol. The van der Waals surface area contributed by atoms with Gasteiger partial charge in [-0.05, 0) is 11.8 Å². The lowest BCUT2D eigenvalue weighted by molar-refractivity contribution is -0.209. The van der Waals surface area contributed by atoms with Gasteiger partial charge in [-0.25, -0.2) is 0 Å². The molecule has 2 atom stereocenters. The average molecular weight is 248 g/mol. The van der Waals surface area contributed by atoms with E-state index in [9.17, 15) is 4.79 Å². The van der Waals surface area contributed by atoms with Crippen molar-refractivity contribution < 1.29 is 14.3 Å². The minimum absolute atomic E-state index is 0.0268. The first-order valence-corrected chi connectivity index (χ1v) is 6.35. The summed E-state index contributed by atoms with van der Waals surface area (Å²) in [5.74, 6) is -0.0930. The van der Waals surface area contributed by atoms with Crippen LogP contribution in [0.25, 0.3) is 0 Å². The van der Waals surface area contributed by atoms with Gasteiger partial charge in [-0.2, -0.15) is 0 Å². The number of benzene rings is 1. The number of ether oxygens (including phenoxy) is 2. The van der Waals surface area contributed by atoms with Gasteiger partial charge in [0.05, 0.1) is 12.7 Å². The van der Waals surface area contributed by atoms with Crippen molar-refractivity contribution in [1.29, 1.82) is 0 Å². The molecule has 0 saturated carbocycles. The second-order valence-corrected chi connectivity index (χ2v) is 5.71. The molecule has 0 N–H and O–H groups in total. The molecule has 0 aromatic heterocycles. The van der Waals surface area contributed by atoms with Crippen LogP contribution in [0.3, 0.4) is 0 Å². The van der Waals surface area contributed by atoms with Gasteiger partial charge in [-0.15, -0.1) is 0 Å². The van der Waals surface area contributed by atoms with Gasteiger partial charge in [0.15, 0.2) is 0 Å². The van der Waals surface area contributed by atoms with Crippen molar-refractivity contribution in [1.82, 2.24) is 0 Å². The van der Waals surface area contributed by atoms with Crippen LogP contribution in [0.15, 0.2) is 30.3 Å².